The Bertz CT molecular complexity index is 1220. The highest BCUT2D eigenvalue weighted by Gasteiger charge is 2.45. The first-order valence-electron chi connectivity index (χ1n) is 11.6. The van der Waals surface area contributed by atoms with E-state index in [-0.39, 0.29) is 17.1 Å². The van der Waals surface area contributed by atoms with Crippen LogP contribution in [-0.2, 0) is 18.3 Å². The molecule has 4 heterocycles. The lowest BCUT2D eigenvalue weighted by molar-refractivity contribution is 0.0884. The van der Waals surface area contributed by atoms with E-state index in [1.807, 2.05) is 18.3 Å². The number of benzene rings is 1. The van der Waals surface area contributed by atoms with Crippen molar-refractivity contribution < 1.29 is 9.18 Å². The molecule has 2 aromatic heterocycles. The fourth-order valence-corrected chi connectivity index (χ4v) is 5.81. The molecule has 1 spiro atoms. The van der Waals surface area contributed by atoms with Gasteiger partial charge in [0.25, 0.3) is 5.91 Å². The van der Waals surface area contributed by atoms with Gasteiger partial charge in [0, 0.05) is 35.0 Å². The molecule has 0 bridgehead atoms. The van der Waals surface area contributed by atoms with E-state index >= 15 is 0 Å². The molecule has 5 nitrogen and oxygen atoms in total. The standard InChI is InChI=1S/C26H27FN4O/c1-2-31-11-9-26(10-12-31)15-29-25(32)22-18-8-7-16-14-28-21(17-5-3-4-6-20(17)27)13-19(16)23(18)30-24(22)26/h3-6,13-14,30H,2,7-12,15H2,1H3,(H,29,32). The number of aryl methyl sites for hydroxylation is 1. The van der Waals surface area contributed by atoms with Crippen molar-refractivity contribution in [2.24, 2.45) is 0 Å². The minimum atomic E-state index is -0.275. The number of nitrogens with one attached hydrogen (secondary N) is 2. The van der Waals surface area contributed by atoms with Crippen LogP contribution >= 0.6 is 0 Å². The molecule has 1 fully saturated rings. The largest absolute Gasteiger partial charge is 0.357 e. The van der Waals surface area contributed by atoms with Crippen LogP contribution in [0.4, 0.5) is 4.39 Å². The predicted octanol–water partition coefficient (Wildman–Crippen LogP) is 4.08. The molecule has 32 heavy (non-hydrogen) atoms. The number of hydrogen-bond acceptors (Lipinski definition) is 3. The summed E-state index contributed by atoms with van der Waals surface area (Å²) in [7, 11) is 0. The van der Waals surface area contributed by atoms with Crippen LogP contribution in [0, 0.1) is 5.82 Å². The van der Waals surface area contributed by atoms with Gasteiger partial charge in [-0.1, -0.05) is 19.1 Å². The van der Waals surface area contributed by atoms with Crippen molar-refractivity contribution in [3.8, 4) is 22.5 Å². The average molecular weight is 431 g/mol. The zero-order chi connectivity index (χ0) is 21.9. The second-order valence-corrected chi connectivity index (χ2v) is 9.33. The minimum absolute atomic E-state index is 0.0339. The number of likely N-dealkylation sites (tertiary alicyclic amines) is 1. The Hall–Kier alpha value is -2.99. The molecule has 6 heteroatoms. The summed E-state index contributed by atoms with van der Waals surface area (Å²) in [5.74, 6) is -0.240. The highest BCUT2D eigenvalue weighted by atomic mass is 19.1. The first-order chi connectivity index (χ1) is 15.6. The predicted molar refractivity (Wildman–Crippen MR) is 122 cm³/mol. The lowest BCUT2D eigenvalue weighted by atomic mass is 9.71. The minimum Gasteiger partial charge on any atom is -0.357 e. The van der Waals surface area contributed by atoms with Crippen LogP contribution in [0.15, 0.2) is 36.5 Å². The summed E-state index contributed by atoms with van der Waals surface area (Å²) in [5, 5.41) is 3.20. The Labute approximate surface area is 187 Å². The number of piperidine rings is 1. The Balaban J connectivity index is 1.48. The second kappa shape index (κ2) is 7.27. The zero-order valence-electron chi connectivity index (χ0n) is 18.3. The van der Waals surface area contributed by atoms with E-state index in [1.165, 1.54) is 6.07 Å². The van der Waals surface area contributed by atoms with Crippen LogP contribution in [0.1, 0.15) is 46.9 Å². The fourth-order valence-electron chi connectivity index (χ4n) is 5.81. The summed E-state index contributed by atoms with van der Waals surface area (Å²) in [6.07, 6.45) is 5.60. The lowest BCUT2D eigenvalue weighted by Gasteiger charge is -2.43. The summed E-state index contributed by atoms with van der Waals surface area (Å²) >= 11 is 0. The lowest BCUT2D eigenvalue weighted by Crippen LogP contribution is -2.52. The van der Waals surface area contributed by atoms with Gasteiger partial charge in [0.15, 0.2) is 0 Å². The number of carbonyl (C=O) groups excluding carboxylic acids is 1. The molecular formula is C26H27FN4O. The molecule has 164 valence electrons. The zero-order valence-corrected chi connectivity index (χ0v) is 18.3. The molecule has 1 aromatic carbocycles. The molecule has 1 aliphatic carbocycles. The molecule has 2 N–H and O–H groups in total. The van der Waals surface area contributed by atoms with Crippen molar-refractivity contribution >= 4 is 5.91 Å². The summed E-state index contributed by atoms with van der Waals surface area (Å²) in [6.45, 7) is 6.06. The normalized spacial score (nSPS) is 19.2. The first kappa shape index (κ1) is 19.7. The van der Waals surface area contributed by atoms with Crippen molar-refractivity contribution in [3.05, 3.63) is 64.7 Å². The molecule has 3 aliphatic rings. The highest BCUT2D eigenvalue weighted by Crippen LogP contribution is 2.45. The number of carbonyl (C=O) groups is 1. The fraction of sp³-hybridized carbons (Fsp3) is 0.385. The molecule has 0 atom stereocenters. The quantitative estimate of drug-likeness (QED) is 0.644. The third kappa shape index (κ3) is 2.85. The maximum Gasteiger partial charge on any atom is 0.253 e. The van der Waals surface area contributed by atoms with Gasteiger partial charge in [-0.25, -0.2) is 4.39 Å². The molecule has 1 amide bonds. The third-order valence-electron chi connectivity index (χ3n) is 7.76. The Morgan fingerprint density at radius 2 is 1.97 bits per heavy atom. The number of amides is 1. The number of hydrogen-bond donors (Lipinski definition) is 2. The molecule has 2 aliphatic heterocycles. The Kier molecular flexibility index (Phi) is 4.47. The molecule has 0 saturated carbocycles. The molecule has 6 rings (SSSR count). The molecular weight excluding hydrogens is 403 g/mol. The monoisotopic (exact) mass is 430 g/mol. The smallest absolute Gasteiger partial charge is 0.253 e. The van der Waals surface area contributed by atoms with Gasteiger partial charge in [-0.15, -0.1) is 0 Å². The number of nitrogens with zero attached hydrogens (tertiary/aromatic N) is 2. The number of fused-ring (bicyclic) bond motifs is 6. The van der Waals surface area contributed by atoms with Gasteiger partial charge in [-0.05, 0) is 74.6 Å². The number of rotatable bonds is 2. The summed E-state index contributed by atoms with van der Waals surface area (Å²) in [5.41, 5.74) is 7.36. The van der Waals surface area contributed by atoms with Crippen molar-refractivity contribution in [2.75, 3.05) is 26.2 Å². The van der Waals surface area contributed by atoms with E-state index in [1.54, 1.807) is 12.1 Å². The van der Waals surface area contributed by atoms with Gasteiger partial charge in [0.2, 0.25) is 0 Å². The topological polar surface area (TPSA) is 61.0 Å². The molecule has 3 aromatic rings. The van der Waals surface area contributed by atoms with E-state index in [9.17, 15) is 9.18 Å². The van der Waals surface area contributed by atoms with E-state index in [4.69, 9.17) is 0 Å². The Morgan fingerprint density at radius 3 is 2.75 bits per heavy atom. The van der Waals surface area contributed by atoms with Crippen LogP contribution in [0.25, 0.3) is 22.5 Å². The van der Waals surface area contributed by atoms with Crippen LogP contribution in [0.5, 0.6) is 0 Å². The van der Waals surface area contributed by atoms with E-state index in [0.717, 1.165) is 79.0 Å². The maximum atomic E-state index is 14.4. The number of pyridine rings is 1. The van der Waals surface area contributed by atoms with Gasteiger partial charge >= 0.3 is 0 Å². The number of aromatic amines is 1. The first-order valence-corrected chi connectivity index (χ1v) is 11.6. The molecule has 0 radical (unpaired) electrons. The number of aromatic nitrogens is 2. The SMILES string of the molecule is CCN1CCC2(CC1)CNC(=O)c1c2[nH]c2c1CCc1cnc(-c3ccccc3F)cc1-2. The number of H-pyrrole nitrogens is 1. The van der Waals surface area contributed by atoms with Crippen LogP contribution in [-0.4, -0.2) is 47.0 Å². The number of halogens is 1. The van der Waals surface area contributed by atoms with Gasteiger partial charge < -0.3 is 15.2 Å². The Morgan fingerprint density at radius 1 is 1.16 bits per heavy atom. The van der Waals surface area contributed by atoms with Crippen LogP contribution < -0.4 is 5.32 Å². The average Bonchev–Trinajstić information content (AvgIpc) is 3.24. The van der Waals surface area contributed by atoms with Gasteiger partial charge in [-0.2, -0.15) is 0 Å². The van der Waals surface area contributed by atoms with Gasteiger partial charge in [-0.3, -0.25) is 9.78 Å². The van der Waals surface area contributed by atoms with E-state index in [2.05, 4.69) is 27.1 Å². The van der Waals surface area contributed by atoms with Crippen molar-refractivity contribution in [2.45, 2.75) is 38.0 Å². The highest BCUT2D eigenvalue weighted by molar-refractivity contribution is 6.01. The van der Waals surface area contributed by atoms with Crippen molar-refractivity contribution in [1.82, 2.24) is 20.2 Å². The van der Waals surface area contributed by atoms with E-state index < -0.39 is 0 Å². The molecule has 0 unspecified atom stereocenters. The van der Waals surface area contributed by atoms with Crippen molar-refractivity contribution in [1.29, 1.82) is 0 Å². The van der Waals surface area contributed by atoms with Crippen LogP contribution in [0.2, 0.25) is 0 Å². The van der Waals surface area contributed by atoms with Gasteiger partial charge in [0.05, 0.1) is 17.0 Å². The summed E-state index contributed by atoms with van der Waals surface area (Å²) in [4.78, 5) is 23.8. The molecule has 1 saturated heterocycles. The van der Waals surface area contributed by atoms with Gasteiger partial charge in [0.1, 0.15) is 5.82 Å². The maximum absolute atomic E-state index is 14.4. The summed E-state index contributed by atoms with van der Waals surface area (Å²) in [6, 6.07) is 8.73. The van der Waals surface area contributed by atoms with Crippen LogP contribution in [0.3, 0.4) is 0 Å². The van der Waals surface area contributed by atoms with E-state index in [0.29, 0.717) is 17.8 Å². The third-order valence-corrected chi connectivity index (χ3v) is 7.76. The van der Waals surface area contributed by atoms with Crippen molar-refractivity contribution in [3.63, 3.8) is 0 Å². The summed E-state index contributed by atoms with van der Waals surface area (Å²) < 4.78 is 14.4. The second-order valence-electron chi connectivity index (χ2n) is 9.33.